The Morgan fingerprint density at radius 3 is 2.47 bits per heavy atom. The summed E-state index contributed by atoms with van der Waals surface area (Å²) in [4.78, 5) is 12.0. The first kappa shape index (κ1) is 29.7. The zero-order valence-corrected chi connectivity index (χ0v) is 21.6. The summed E-state index contributed by atoms with van der Waals surface area (Å²) in [5.74, 6) is 0.351. The summed E-state index contributed by atoms with van der Waals surface area (Å²) in [7, 11) is 0. The Kier molecular flexibility index (Phi) is 11.8. The number of rotatable bonds is 7. The van der Waals surface area contributed by atoms with E-state index in [2.05, 4.69) is 37.9 Å². The number of carbonyl (C=O) groups is 1. The molecular weight excluding hydrogens is 460 g/mol. The fourth-order valence-corrected chi connectivity index (χ4v) is 4.60. The van der Waals surface area contributed by atoms with Crippen molar-refractivity contribution in [2.45, 2.75) is 72.9 Å². The average molecular weight is 505 g/mol. The first-order chi connectivity index (χ1) is 16.9. The minimum atomic E-state index is -0.239. The van der Waals surface area contributed by atoms with Crippen molar-refractivity contribution >= 4 is 11.5 Å². The predicted molar refractivity (Wildman–Crippen MR) is 140 cm³/mol. The van der Waals surface area contributed by atoms with Crippen molar-refractivity contribution in [2.24, 2.45) is 5.92 Å². The Morgan fingerprint density at radius 2 is 1.81 bits per heavy atom. The molecule has 0 spiro atoms. The molecule has 0 saturated carbocycles. The number of aliphatic hydroxyl groups excluding tert-OH is 1. The standard InChI is InChI=1S/C14H20N2O3.C12H20N2O2.CH4/c1-4-19-14(17)11-6-8-18-9-12(11)13-5-7-15-16(13)10(2)3;1-9(2)14-12(3-5-13-14)11-8-16-6-4-10(11)7-15;/h5,7,10H,4,6,8-9H2,1-3H3;3,5,9-11,15H,4,6-8H2,1-2H3;1H4/t;10-,11-;/m.0./s1. The van der Waals surface area contributed by atoms with Gasteiger partial charge in [0.2, 0.25) is 0 Å². The van der Waals surface area contributed by atoms with E-state index >= 15 is 0 Å². The highest BCUT2D eigenvalue weighted by atomic mass is 16.5. The lowest BCUT2D eigenvalue weighted by atomic mass is 9.86. The molecular formula is C27H44N4O5. The van der Waals surface area contributed by atoms with E-state index in [0.717, 1.165) is 29.9 Å². The lowest BCUT2D eigenvalue weighted by Crippen LogP contribution is -2.30. The van der Waals surface area contributed by atoms with Gasteiger partial charge in [-0.3, -0.25) is 9.36 Å². The van der Waals surface area contributed by atoms with Gasteiger partial charge in [-0.15, -0.1) is 0 Å². The van der Waals surface area contributed by atoms with Crippen LogP contribution in [0.15, 0.2) is 30.1 Å². The normalized spacial score (nSPS) is 20.1. The number of carbonyl (C=O) groups excluding carboxylic acids is 1. The molecule has 36 heavy (non-hydrogen) atoms. The topological polar surface area (TPSA) is 101 Å². The molecule has 2 aromatic rings. The Morgan fingerprint density at radius 1 is 1.11 bits per heavy atom. The number of hydrogen-bond acceptors (Lipinski definition) is 7. The summed E-state index contributed by atoms with van der Waals surface area (Å²) >= 11 is 0. The zero-order chi connectivity index (χ0) is 25.4. The van der Waals surface area contributed by atoms with Gasteiger partial charge in [0.15, 0.2) is 0 Å². The third-order valence-electron chi connectivity index (χ3n) is 6.40. The van der Waals surface area contributed by atoms with Crippen LogP contribution in [0.25, 0.3) is 5.57 Å². The third-order valence-corrected chi connectivity index (χ3v) is 6.40. The van der Waals surface area contributed by atoms with Crippen molar-refractivity contribution in [3.63, 3.8) is 0 Å². The van der Waals surface area contributed by atoms with Crippen LogP contribution < -0.4 is 0 Å². The zero-order valence-electron chi connectivity index (χ0n) is 21.6. The summed E-state index contributed by atoms with van der Waals surface area (Å²) in [6.45, 7) is 13.3. The fraction of sp³-hybridized carbons (Fsp3) is 0.667. The van der Waals surface area contributed by atoms with Crippen LogP contribution in [0, 0.1) is 5.92 Å². The monoisotopic (exact) mass is 504 g/mol. The van der Waals surface area contributed by atoms with Gasteiger partial charge in [-0.2, -0.15) is 10.2 Å². The molecule has 4 heterocycles. The molecule has 2 aliphatic rings. The Balaban J connectivity index is 0.000000250. The molecule has 9 heteroatoms. The number of hydrogen-bond donors (Lipinski definition) is 1. The molecule has 1 N–H and O–H groups in total. The van der Waals surface area contributed by atoms with E-state index in [1.165, 1.54) is 5.69 Å². The second-order valence-corrected chi connectivity index (χ2v) is 9.44. The molecule has 1 saturated heterocycles. The second-order valence-electron chi connectivity index (χ2n) is 9.44. The molecule has 2 aliphatic heterocycles. The maximum atomic E-state index is 12.0. The number of aromatic nitrogens is 4. The van der Waals surface area contributed by atoms with Crippen LogP contribution in [0.1, 0.15) is 84.3 Å². The third kappa shape index (κ3) is 7.05. The number of nitrogens with zero attached hydrogens (tertiary/aromatic N) is 4. The van der Waals surface area contributed by atoms with Crippen LogP contribution in [0.4, 0.5) is 0 Å². The molecule has 2 aromatic heterocycles. The van der Waals surface area contributed by atoms with Crippen LogP contribution in [0.3, 0.4) is 0 Å². The number of ether oxygens (including phenoxy) is 3. The molecule has 1 fully saturated rings. The van der Waals surface area contributed by atoms with Crippen molar-refractivity contribution in [3.8, 4) is 0 Å². The van der Waals surface area contributed by atoms with E-state index in [0.29, 0.717) is 44.8 Å². The quantitative estimate of drug-likeness (QED) is 0.557. The van der Waals surface area contributed by atoms with Gasteiger partial charge in [-0.25, -0.2) is 4.79 Å². The van der Waals surface area contributed by atoms with Gasteiger partial charge in [0.1, 0.15) is 0 Å². The molecule has 0 radical (unpaired) electrons. The average Bonchev–Trinajstić information content (AvgIpc) is 3.55. The SMILES string of the molecule is C.CC(C)n1nccc1[C@H]1COCC[C@H]1CO.CCOC(=O)C1=C(c2ccnn2C(C)C)COCC1. The molecule has 0 aliphatic carbocycles. The molecule has 0 bridgehead atoms. The number of aliphatic hydroxyl groups is 1. The Hall–Kier alpha value is -2.49. The second kappa shape index (κ2) is 14.3. The van der Waals surface area contributed by atoms with E-state index in [9.17, 15) is 9.90 Å². The van der Waals surface area contributed by atoms with Crippen molar-refractivity contribution in [1.29, 1.82) is 0 Å². The minimum absolute atomic E-state index is 0. The summed E-state index contributed by atoms with van der Waals surface area (Å²) in [5.41, 5.74) is 3.75. The van der Waals surface area contributed by atoms with E-state index in [1.807, 2.05) is 34.6 Å². The van der Waals surface area contributed by atoms with E-state index in [4.69, 9.17) is 14.2 Å². The van der Waals surface area contributed by atoms with Gasteiger partial charge in [0.25, 0.3) is 0 Å². The molecule has 4 rings (SSSR count). The maximum absolute atomic E-state index is 12.0. The Bertz CT molecular complexity index is 978. The molecule has 2 atom stereocenters. The van der Waals surface area contributed by atoms with Crippen LogP contribution >= 0.6 is 0 Å². The minimum Gasteiger partial charge on any atom is -0.463 e. The van der Waals surface area contributed by atoms with Crippen LogP contribution in [-0.2, 0) is 19.0 Å². The molecule has 202 valence electrons. The molecule has 0 aromatic carbocycles. The summed E-state index contributed by atoms with van der Waals surface area (Å²) in [6.07, 6.45) is 5.11. The van der Waals surface area contributed by atoms with E-state index in [-0.39, 0.29) is 32.0 Å². The van der Waals surface area contributed by atoms with E-state index in [1.54, 1.807) is 6.20 Å². The lowest BCUT2D eigenvalue weighted by Gasteiger charge is -2.31. The summed E-state index contributed by atoms with van der Waals surface area (Å²) in [6, 6.07) is 4.56. The van der Waals surface area contributed by atoms with Crippen LogP contribution in [-0.4, -0.2) is 70.3 Å². The van der Waals surface area contributed by atoms with Crippen molar-refractivity contribution in [1.82, 2.24) is 19.6 Å². The fourth-order valence-electron chi connectivity index (χ4n) is 4.60. The van der Waals surface area contributed by atoms with Gasteiger partial charge >= 0.3 is 5.97 Å². The van der Waals surface area contributed by atoms with E-state index < -0.39 is 0 Å². The van der Waals surface area contributed by atoms with Crippen LogP contribution in [0.5, 0.6) is 0 Å². The van der Waals surface area contributed by atoms with Gasteiger partial charge in [0, 0.05) is 66.9 Å². The van der Waals surface area contributed by atoms with Gasteiger partial charge in [0.05, 0.1) is 32.1 Å². The molecule has 0 amide bonds. The molecule has 0 unspecified atom stereocenters. The highest BCUT2D eigenvalue weighted by Gasteiger charge is 2.29. The predicted octanol–water partition coefficient (Wildman–Crippen LogP) is 4.41. The largest absolute Gasteiger partial charge is 0.463 e. The van der Waals surface area contributed by atoms with Gasteiger partial charge < -0.3 is 19.3 Å². The maximum Gasteiger partial charge on any atom is 0.334 e. The van der Waals surface area contributed by atoms with Crippen molar-refractivity contribution in [2.75, 3.05) is 39.6 Å². The first-order valence-electron chi connectivity index (χ1n) is 12.6. The first-order valence-corrected chi connectivity index (χ1v) is 12.6. The number of esters is 1. The van der Waals surface area contributed by atoms with Crippen molar-refractivity contribution < 1.29 is 24.1 Å². The highest BCUT2D eigenvalue weighted by Crippen LogP contribution is 2.32. The summed E-state index contributed by atoms with van der Waals surface area (Å²) < 4.78 is 20.1. The summed E-state index contributed by atoms with van der Waals surface area (Å²) in [5, 5.41) is 18.0. The van der Waals surface area contributed by atoms with Crippen molar-refractivity contribution in [3.05, 3.63) is 41.5 Å². The van der Waals surface area contributed by atoms with Crippen LogP contribution in [0.2, 0.25) is 0 Å². The van der Waals surface area contributed by atoms with Gasteiger partial charge in [-0.1, -0.05) is 7.43 Å². The molecule has 9 nitrogen and oxygen atoms in total. The van der Waals surface area contributed by atoms with Gasteiger partial charge in [-0.05, 0) is 59.1 Å². The highest BCUT2D eigenvalue weighted by molar-refractivity contribution is 5.97. The lowest BCUT2D eigenvalue weighted by molar-refractivity contribution is -0.138. The Labute approximate surface area is 215 Å². The smallest absolute Gasteiger partial charge is 0.334 e.